The SMILES string of the molecule is C=C1CCCC(C)(C)[C@@]12CC=C(C(=O)O)CC2. The average molecular weight is 234 g/mol. The molecule has 1 spiro atoms. The van der Waals surface area contributed by atoms with E-state index >= 15 is 0 Å². The van der Waals surface area contributed by atoms with E-state index in [4.69, 9.17) is 5.11 Å². The summed E-state index contributed by atoms with van der Waals surface area (Å²) in [4.78, 5) is 11.0. The molecule has 94 valence electrons. The maximum absolute atomic E-state index is 11.0. The maximum atomic E-state index is 11.0. The lowest BCUT2D eigenvalue weighted by Crippen LogP contribution is -2.43. The first-order valence-electron chi connectivity index (χ1n) is 6.50. The molecule has 2 aliphatic carbocycles. The summed E-state index contributed by atoms with van der Waals surface area (Å²) in [7, 11) is 0. The molecular weight excluding hydrogens is 212 g/mol. The van der Waals surface area contributed by atoms with Gasteiger partial charge in [0.05, 0.1) is 0 Å². The van der Waals surface area contributed by atoms with Crippen molar-refractivity contribution in [2.75, 3.05) is 0 Å². The third-order valence-corrected chi connectivity index (χ3v) is 5.05. The lowest BCUT2D eigenvalue weighted by molar-refractivity contribution is -0.133. The molecule has 2 nitrogen and oxygen atoms in total. The Hall–Kier alpha value is -1.05. The average Bonchev–Trinajstić information content (AvgIpc) is 2.26. The molecule has 17 heavy (non-hydrogen) atoms. The molecule has 0 aromatic rings. The summed E-state index contributed by atoms with van der Waals surface area (Å²) >= 11 is 0. The molecule has 0 bridgehead atoms. The van der Waals surface area contributed by atoms with Crippen molar-refractivity contribution >= 4 is 5.97 Å². The van der Waals surface area contributed by atoms with Gasteiger partial charge in [-0.2, -0.15) is 0 Å². The van der Waals surface area contributed by atoms with Crippen LogP contribution in [0.15, 0.2) is 23.8 Å². The fourth-order valence-corrected chi connectivity index (χ4v) is 3.68. The monoisotopic (exact) mass is 234 g/mol. The molecule has 2 heteroatoms. The third-order valence-electron chi connectivity index (χ3n) is 5.05. The fraction of sp³-hybridized carbons (Fsp3) is 0.667. The van der Waals surface area contributed by atoms with Crippen molar-refractivity contribution in [1.29, 1.82) is 0 Å². The first-order chi connectivity index (χ1) is 7.89. The molecule has 2 rings (SSSR count). The Morgan fingerprint density at radius 2 is 2.06 bits per heavy atom. The third kappa shape index (κ3) is 1.84. The van der Waals surface area contributed by atoms with E-state index in [9.17, 15) is 4.79 Å². The zero-order valence-electron chi connectivity index (χ0n) is 10.9. The first-order valence-corrected chi connectivity index (χ1v) is 6.50. The molecule has 1 fully saturated rings. The van der Waals surface area contributed by atoms with Gasteiger partial charge in [0.1, 0.15) is 0 Å². The molecule has 2 aliphatic rings. The van der Waals surface area contributed by atoms with Gasteiger partial charge in [-0.05, 0) is 49.4 Å². The fourth-order valence-electron chi connectivity index (χ4n) is 3.68. The second-order valence-electron chi connectivity index (χ2n) is 6.16. The van der Waals surface area contributed by atoms with Crippen molar-refractivity contribution in [3.63, 3.8) is 0 Å². The van der Waals surface area contributed by atoms with Gasteiger partial charge < -0.3 is 5.11 Å². The topological polar surface area (TPSA) is 37.3 Å². The Morgan fingerprint density at radius 3 is 2.53 bits per heavy atom. The van der Waals surface area contributed by atoms with E-state index in [1.54, 1.807) is 0 Å². The van der Waals surface area contributed by atoms with Gasteiger partial charge in [-0.3, -0.25) is 0 Å². The van der Waals surface area contributed by atoms with Crippen molar-refractivity contribution in [3.8, 4) is 0 Å². The summed E-state index contributed by atoms with van der Waals surface area (Å²) in [5.74, 6) is -0.751. The number of rotatable bonds is 1. The summed E-state index contributed by atoms with van der Waals surface area (Å²) < 4.78 is 0. The highest BCUT2D eigenvalue weighted by Crippen LogP contribution is 2.59. The van der Waals surface area contributed by atoms with Gasteiger partial charge in [0.15, 0.2) is 0 Å². The van der Waals surface area contributed by atoms with E-state index in [2.05, 4.69) is 20.4 Å². The summed E-state index contributed by atoms with van der Waals surface area (Å²) in [6, 6.07) is 0. The molecule has 0 aromatic heterocycles. The van der Waals surface area contributed by atoms with E-state index in [-0.39, 0.29) is 10.8 Å². The highest BCUT2D eigenvalue weighted by Gasteiger charge is 2.49. The smallest absolute Gasteiger partial charge is 0.331 e. The van der Waals surface area contributed by atoms with E-state index in [1.165, 1.54) is 18.4 Å². The van der Waals surface area contributed by atoms with Gasteiger partial charge in [-0.25, -0.2) is 4.79 Å². The standard InChI is InChI=1S/C15H22O2/c1-11-5-4-8-14(2,3)15(11)9-6-12(7-10-15)13(16)17/h6H,1,4-5,7-10H2,2-3H3,(H,16,17)/t15-/m1/s1. The Balaban J connectivity index is 2.31. The number of carbonyl (C=O) groups is 1. The van der Waals surface area contributed by atoms with E-state index in [1.807, 2.05) is 6.08 Å². The van der Waals surface area contributed by atoms with E-state index < -0.39 is 5.97 Å². The van der Waals surface area contributed by atoms with Gasteiger partial charge in [0.25, 0.3) is 0 Å². The van der Waals surface area contributed by atoms with Crippen molar-refractivity contribution in [2.45, 2.75) is 52.4 Å². The minimum absolute atomic E-state index is 0.143. The van der Waals surface area contributed by atoms with E-state index in [0.29, 0.717) is 12.0 Å². The largest absolute Gasteiger partial charge is 0.478 e. The van der Waals surface area contributed by atoms with Crippen LogP contribution in [0.2, 0.25) is 0 Å². The van der Waals surface area contributed by atoms with Crippen LogP contribution in [0, 0.1) is 10.8 Å². The predicted octanol–water partition coefficient (Wildman–Crippen LogP) is 3.93. The van der Waals surface area contributed by atoms with Crippen LogP contribution in [-0.2, 0) is 4.79 Å². The Bertz CT molecular complexity index is 390. The summed E-state index contributed by atoms with van der Waals surface area (Å²) in [5.41, 5.74) is 2.33. The van der Waals surface area contributed by atoms with Crippen LogP contribution in [-0.4, -0.2) is 11.1 Å². The zero-order valence-corrected chi connectivity index (χ0v) is 10.9. The van der Waals surface area contributed by atoms with E-state index in [0.717, 1.165) is 19.3 Å². The normalized spacial score (nSPS) is 32.4. The molecule has 0 saturated heterocycles. The van der Waals surface area contributed by atoms with Crippen LogP contribution in [0.25, 0.3) is 0 Å². The van der Waals surface area contributed by atoms with Gasteiger partial charge in [-0.15, -0.1) is 0 Å². The van der Waals surface area contributed by atoms with Crippen LogP contribution in [0.1, 0.15) is 52.4 Å². The Morgan fingerprint density at radius 1 is 1.35 bits per heavy atom. The van der Waals surface area contributed by atoms with Crippen molar-refractivity contribution < 1.29 is 9.90 Å². The summed E-state index contributed by atoms with van der Waals surface area (Å²) in [5, 5.41) is 9.03. The molecule has 0 amide bonds. The lowest BCUT2D eigenvalue weighted by Gasteiger charge is -2.53. The molecule has 1 saturated carbocycles. The van der Waals surface area contributed by atoms with Gasteiger partial charge >= 0.3 is 5.97 Å². The summed E-state index contributed by atoms with van der Waals surface area (Å²) in [6.07, 6.45) is 8.00. The van der Waals surface area contributed by atoms with Gasteiger partial charge in [-0.1, -0.05) is 32.1 Å². The van der Waals surface area contributed by atoms with Gasteiger partial charge in [0.2, 0.25) is 0 Å². The first kappa shape index (κ1) is 12.4. The van der Waals surface area contributed by atoms with Crippen LogP contribution >= 0.6 is 0 Å². The highest BCUT2D eigenvalue weighted by molar-refractivity contribution is 5.86. The van der Waals surface area contributed by atoms with Crippen molar-refractivity contribution in [3.05, 3.63) is 23.8 Å². The molecule has 0 aliphatic heterocycles. The highest BCUT2D eigenvalue weighted by atomic mass is 16.4. The zero-order chi connectivity index (χ0) is 12.7. The van der Waals surface area contributed by atoms with Gasteiger partial charge in [0, 0.05) is 5.57 Å². The van der Waals surface area contributed by atoms with Crippen LogP contribution < -0.4 is 0 Å². The minimum Gasteiger partial charge on any atom is -0.478 e. The lowest BCUT2D eigenvalue weighted by atomic mass is 9.51. The molecule has 1 N–H and O–H groups in total. The second-order valence-corrected chi connectivity index (χ2v) is 6.16. The summed E-state index contributed by atoms with van der Waals surface area (Å²) in [6.45, 7) is 8.91. The Labute approximate surface area is 103 Å². The molecule has 0 aromatic carbocycles. The number of hydrogen-bond donors (Lipinski definition) is 1. The number of allylic oxidation sites excluding steroid dienone is 2. The minimum atomic E-state index is -0.751. The Kier molecular flexibility index (Phi) is 2.92. The molecular formula is C15H22O2. The van der Waals surface area contributed by atoms with Crippen molar-refractivity contribution in [1.82, 2.24) is 0 Å². The van der Waals surface area contributed by atoms with Crippen LogP contribution in [0.3, 0.4) is 0 Å². The number of hydrogen-bond acceptors (Lipinski definition) is 1. The second kappa shape index (κ2) is 4.01. The van der Waals surface area contributed by atoms with Crippen LogP contribution in [0.4, 0.5) is 0 Å². The molecule has 0 unspecified atom stereocenters. The predicted molar refractivity (Wildman–Crippen MR) is 68.8 cm³/mol. The number of aliphatic carboxylic acids is 1. The number of carboxylic acid groups (broad SMARTS) is 1. The number of carboxylic acids is 1. The molecule has 0 radical (unpaired) electrons. The van der Waals surface area contributed by atoms with Crippen LogP contribution in [0.5, 0.6) is 0 Å². The quantitative estimate of drug-likeness (QED) is 0.698. The molecule has 1 atom stereocenters. The molecule has 0 heterocycles. The maximum Gasteiger partial charge on any atom is 0.331 e. The van der Waals surface area contributed by atoms with Crippen molar-refractivity contribution in [2.24, 2.45) is 10.8 Å².